The summed E-state index contributed by atoms with van der Waals surface area (Å²) in [5.41, 5.74) is 9.82. The van der Waals surface area contributed by atoms with Gasteiger partial charge >= 0.3 is 5.97 Å². The first-order valence-corrected chi connectivity index (χ1v) is 13.9. The molecular weight excluding hydrogens is 512 g/mol. The summed E-state index contributed by atoms with van der Waals surface area (Å²) in [6, 6.07) is 23.6. The Labute approximate surface area is 231 Å². The Kier molecular flexibility index (Phi) is 9.77. The van der Waals surface area contributed by atoms with Crippen molar-refractivity contribution in [2.75, 3.05) is 5.75 Å². The summed E-state index contributed by atoms with van der Waals surface area (Å²) >= 11 is 1.53. The van der Waals surface area contributed by atoms with Gasteiger partial charge in [0.2, 0.25) is 11.8 Å². The number of hydrogen-bond acceptors (Lipinski definition) is 5. The Balaban J connectivity index is 1.46. The van der Waals surface area contributed by atoms with Gasteiger partial charge in [0.1, 0.15) is 12.1 Å². The van der Waals surface area contributed by atoms with Crippen molar-refractivity contribution in [2.45, 2.75) is 36.7 Å². The normalized spacial score (nSPS) is 13.4. The summed E-state index contributed by atoms with van der Waals surface area (Å²) in [6.45, 7) is 0. The van der Waals surface area contributed by atoms with E-state index in [4.69, 9.17) is 5.73 Å². The third-order valence-electron chi connectivity index (χ3n) is 6.37. The molecule has 0 aliphatic heterocycles. The van der Waals surface area contributed by atoms with E-state index >= 15 is 0 Å². The largest absolute Gasteiger partial charge is 0.480 e. The van der Waals surface area contributed by atoms with Crippen LogP contribution in [0.1, 0.15) is 16.7 Å². The number of aromatic amines is 1. The van der Waals surface area contributed by atoms with Gasteiger partial charge in [-0.1, -0.05) is 78.9 Å². The average Bonchev–Trinajstić information content (AvgIpc) is 3.36. The Morgan fingerprint density at radius 2 is 1.41 bits per heavy atom. The molecule has 0 aliphatic carbocycles. The Hall–Kier alpha value is -4.08. The molecule has 0 bridgehead atoms. The topological polar surface area (TPSA) is 137 Å². The first-order valence-electron chi connectivity index (χ1n) is 12.7. The molecule has 39 heavy (non-hydrogen) atoms. The monoisotopic (exact) mass is 544 g/mol. The highest BCUT2D eigenvalue weighted by Crippen LogP contribution is 2.20. The van der Waals surface area contributed by atoms with Crippen LogP contribution in [0.4, 0.5) is 0 Å². The van der Waals surface area contributed by atoms with Crippen molar-refractivity contribution >= 4 is 40.4 Å². The molecule has 0 unspecified atom stereocenters. The number of para-hydroxylation sites is 1. The van der Waals surface area contributed by atoms with Crippen molar-refractivity contribution in [3.05, 3.63) is 108 Å². The number of amides is 2. The van der Waals surface area contributed by atoms with E-state index in [-0.39, 0.29) is 12.8 Å². The molecule has 8 nitrogen and oxygen atoms in total. The molecule has 3 atom stereocenters. The number of hydrogen-bond donors (Lipinski definition) is 5. The number of fused-ring (bicyclic) bond motifs is 1. The lowest BCUT2D eigenvalue weighted by Gasteiger charge is -2.23. The molecule has 0 fully saturated rings. The molecule has 0 radical (unpaired) electrons. The number of carboxylic acids is 1. The Bertz CT molecular complexity index is 1390. The second-order valence-electron chi connectivity index (χ2n) is 9.32. The van der Waals surface area contributed by atoms with E-state index in [9.17, 15) is 19.5 Å². The number of carbonyl (C=O) groups is 3. The van der Waals surface area contributed by atoms with Crippen LogP contribution < -0.4 is 16.4 Å². The van der Waals surface area contributed by atoms with Gasteiger partial charge in [-0.2, -0.15) is 11.8 Å². The van der Waals surface area contributed by atoms with E-state index in [1.807, 2.05) is 72.8 Å². The lowest BCUT2D eigenvalue weighted by Crippen LogP contribution is -2.56. The van der Waals surface area contributed by atoms with Crippen LogP contribution in [0.3, 0.4) is 0 Å². The molecule has 6 N–H and O–H groups in total. The molecule has 2 amide bonds. The van der Waals surface area contributed by atoms with Crippen LogP contribution >= 0.6 is 11.8 Å². The van der Waals surface area contributed by atoms with Crippen LogP contribution in [0.5, 0.6) is 0 Å². The quantitative estimate of drug-likeness (QED) is 0.175. The fourth-order valence-corrected chi connectivity index (χ4v) is 5.24. The molecule has 9 heteroatoms. The van der Waals surface area contributed by atoms with Crippen LogP contribution in [-0.2, 0) is 33.0 Å². The molecule has 0 aliphatic rings. The second kappa shape index (κ2) is 13.6. The molecule has 0 spiro atoms. The molecule has 0 saturated heterocycles. The molecule has 1 aromatic heterocycles. The van der Waals surface area contributed by atoms with Gasteiger partial charge in [0.05, 0.1) is 6.04 Å². The van der Waals surface area contributed by atoms with Crippen molar-refractivity contribution in [3.8, 4) is 0 Å². The number of aliphatic carboxylic acids is 1. The SMILES string of the molecule is N[C@@H](CSCc1ccccc1)C(=O)N[C@@H](Cc1c[nH]c2ccccc12)C(=O)N[C@@H](Cc1ccccc1)C(=O)O. The summed E-state index contributed by atoms with van der Waals surface area (Å²) in [7, 11) is 0. The van der Waals surface area contributed by atoms with Gasteiger partial charge in [-0.3, -0.25) is 9.59 Å². The summed E-state index contributed by atoms with van der Waals surface area (Å²) < 4.78 is 0. The molecule has 1 heterocycles. The van der Waals surface area contributed by atoms with Crippen molar-refractivity contribution in [2.24, 2.45) is 5.73 Å². The Morgan fingerprint density at radius 1 is 0.795 bits per heavy atom. The first kappa shape index (κ1) is 27.9. The maximum atomic E-state index is 13.4. The number of rotatable bonds is 13. The van der Waals surface area contributed by atoms with E-state index in [0.717, 1.165) is 27.6 Å². The average molecular weight is 545 g/mol. The third kappa shape index (κ3) is 7.95. The van der Waals surface area contributed by atoms with Gasteiger partial charge in [0, 0.05) is 41.4 Å². The number of nitrogens with one attached hydrogen (secondary N) is 3. The minimum Gasteiger partial charge on any atom is -0.480 e. The smallest absolute Gasteiger partial charge is 0.326 e. The number of aromatic nitrogens is 1. The fraction of sp³-hybridized carbons (Fsp3) is 0.233. The van der Waals surface area contributed by atoms with E-state index in [0.29, 0.717) is 11.5 Å². The Morgan fingerprint density at radius 3 is 2.10 bits per heavy atom. The first-order chi connectivity index (χ1) is 18.9. The lowest BCUT2D eigenvalue weighted by atomic mass is 10.0. The van der Waals surface area contributed by atoms with Crippen molar-refractivity contribution < 1.29 is 19.5 Å². The van der Waals surface area contributed by atoms with Crippen LogP contribution in [0, 0.1) is 0 Å². The number of H-pyrrole nitrogens is 1. The van der Waals surface area contributed by atoms with E-state index in [1.54, 1.807) is 18.3 Å². The fourth-order valence-electron chi connectivity index (χ4n) is 4.28. The van der Waals surface area contributed by atoms with Gasteiger partial charge < -0.3 is 26.5 Å². The van der Waals surface area contributed by atoms with E-state index in [1.165, 1.54) is 11.8 Å². The highest BCUT2D eigenvalue weighted by molar-refractivity contribution is 7.98. The number of nitrogens with two attached hydrogens (primary N) is 1. The molecule has 0 saturated carbocycles. The number of benzene rings is 3. The number of carbonyl (C=O) groups excluding carboxylic acids is 2. The van der Waals surface area contributed by atoms with Gasteiger partial charge in [0.15, 0.2) is 0 Å². The molecule has 4 aromatic rings. The van der Waals surface area contributed by atoms with E-state index < -0.39 is 35.9 Å². The molecule has 202 valence electrons. The predicted molar refractivity (Wildman–Crippen MR) is 154 cm³/mol. The van der Waals surface area contributed by atoms with Crippen LogP contribution in [-0.4, -0.2) is 51.8 Å². The van der Waals surface area contributed by atoms with Gasteiger partial charge in [-0.15, -0.1) is 0 Å². The van der Waals surface area contributed by atoms with Crippen molar-refractivity contribution in [3.63, 3.8) is 0 Å². The summed E-state index contributed by atoms with van der Waals surface area (Å²) in [6.07, 6.45) is 2.08. The minimum absolute atomic E-state index is 0.116. The van der Waals surface area contributed by atoms with E-state index in [2.05, 4.69) is 15.6 Å². The number of carboxylic acid groups (broad SMARTS) is 1. The van der Waals surface area contributed by atoms with Crippen LogP contribution in [0.2, 0.25) is 0 Å². The van der Waals surface area contributed by atoms with Gasteiger partial charge in [0.25, 0.3) is 0 Å². The predicted octanol–water partition coefficient (Wildman–Crippen LogP) is 3.27. The highest BCUT2D eigenvalue weighted by atomic mass is 32.2. The van der Waals surface area contributed by atoms with Crippen molar-refractivity contribution in [1.29, 1.82) is 0 Å². The second-order valence-corrected chi connectivity index (χ2v) is 10.4. The van der Waals surface area contributed by atoms with Gasteiger partial charge in [-0.05, 0) is 22.8 Å². The maximum absolute atomic E-state index is 13.4. The minimum atomic E-state index is -1.16. The maximum Gasteiger partial charge on any atom is 0.326 e. The third-order valence-corrected chi connectivity index (χ3v) is 7.51. The number of thioether (sulfide) groups is 1. The van der Waals surface area contributed by atoms with Crippen LogP contribution in [0.25, 0.3) is 10.9 Å². The van der Waals surface area contributed by atoms with Gasteiger partial charge in [-0.25, -0.2) is 4.79 Å². The lowest BCUT2D eigenvalue weighted by molar-refractivity contribution is -0.142. The molecule has 3 aromatic carbocycles. The summed E-state index contributed by atoms with van der Waals surface area (Å²) in [5, 5.41) is 16.1. The summed E-state index contributed by atoms with van der Waals surface area (Å²) in [5.74, 6) is -1.13. The van der Waals surface area contributed by atoms with Crippen LogP contribution in [0.15, 0.2) is 91.1 Å². The van der Waals surface area contributed by atoms with Crippen molar-refractivity contribution in [1.82, 2.24) is 15.6 Å². The summed E-state index contributed by atoms with van der Waals surface area (Å²) in [4.78, 5) is 41.6. The zero-order valence-electron chi connectivity index (χ0n) is 21.4. The highest BCUT2D eigenvalue weighted by Gasteiger charge is 2.29. The standard InChI is InChI=1S/C30H32N4O4S/c31-24(19-39-18-21-11-5-2-6-12-21)28(35)33-26(16-22-17-32-25-14-8-7-13-23(22)25)29(36)34-27(30(37)38)15-20-9-3-1-4-10-20/h1-14,17,24,26-27,32H,15-16,18-19,31H2,(H,33,35)(H,34,36)(H,37,38)/t24-,26-,27-/m0/s1. The molecular formula is C30H32N4O4S. The zero-order chi connectivity index (χ0) is 27.6. The zero-order valence-corrected chi connectivity index (χ0v) is 22.2. The molecule has 4 rings (SSSR count).